The van der Waals surface area contributed by atoms with Crippen LogP contribution in [0.5, 0.6) is 0 Å². The van der Waals surface area contributed by atoms with Crippen molar-refractivity contribution < 1.29 is 9.90 Å². The molecule has 2 aromatic rings. The van der Waals surface area contributed by atoms with Crippen molar-refractivity contribution in [1.82, 2.24) is 0 Å². The zero-order valence-corrected chi connectivity index (χ0v) is 13.5. The van der Waals surface area contributed by atoms with Gasteiger partial charge in [0, 0.05) is 24.5 Å². The Morgan fingerprint density at radius 1 is 1.45 bits per heavy atom. The molecule has 0 aliphatic carbocycles. The third-order valence-corrected chi connectivity index (χ3v) is 4.89. The van der Waals surface area contributed by atoms with Gasteiger partial charge in [-0.2, -0.15) is 0 Å². The zero-order valence-electron chi connectivity index (χ0n) is 12.0. The normalized spacial score (nSPS) is 14.7. The summed E-state index contributed by atoms with van der Waals surface area (Å²) < 4.78 is 0. The van der Waals surface area contributed by atoms with Gasteiger partial charge < -0.3 is 15.3 Å². The van der Waals surface area contributed by atoms with Crippen molar-refractivity contribution in [1.29, 1.82) is 0 Å². The van der Waals surface area contributed by atoms with Crippen molar-refractivity contribution in [3.8, 4) is 0 Å². The Bertz CT molecular complexity index is 660. The van der Waals surface area contributed by atoms with E-state index in [1.165, 1.54) is 16.9 Å². The highest BCUT2D eigenvalue weighted by Gasteiger charge is 2.26. The van der Waals surface area contributed by atoms with Gasteiger partial charge in [-0.25, -0.2) is 0 Å². The van der Waals surface area contributed by atoms with Crippen LogP contribution in [0.2, 0.25) is 0 Å². The number of thiophene rings is 1. The Balaban J connectivity index is 1.79. The van der Waals surface area contributed by atoms with E-state index in [1.54, 1.807) is 0 Å². The number of carbonyl (C=O) groups excluding carboxylic acids is 1. The number of halogens is 1. The predicted octanol–water partition coefficient (Wildman–Crippen LogP) is 2.96. The lowest BCUT2D eigenvalue weighted by atomic mass is 10.1. The number of anilines is 2. The van der Waals surface area contributed by atoms with Gasteiger partial charge >= 0.3 is 0 Å². The van der Waals surface area contributed by atoms with Crippen LogP contribution in [0.1, 0.15) is 15.2 Å². The lowest BCUT2D eigenvalue weighted by Gasteiger charge is -2.18. The number of aliphatic hydroxyl groups is 1. The number of hydrogen-bond acceptors (Lipinski definition) is 4. The van der Waals surface area contributed by atoms with Gasteiger partial charge in [0.15, 0.2) is 0 Å². The highest BCUT2D eigenvalue weighted by molar-refractivity contribution is 7.12. The van der Waals surface area contributed by atoms with E-state index in [2.05, 4.69) is 5.32 Å². The second-order valence-corrected chi connectivity index (χ2v) is 6.47. The molecular formula is C16H17ClN2O2S. The summed E-state index contributed by atoms with van der Waals surface area (Å²) in [6.45, 7) is 1.10. The number of carbonyl (C=O) groups is 1. The molecule has 0 fully saturated rings. The van der Waals surface area contributed by atoms with Gasteiger partial charge in [-0.05, 0) is 35.6 Å². The lowest BCUT2D eigenvalue weighted by molar-refractivity contribution is 0.0993. The molecule has 0 bridgehead atoms. The maximum atomic E-state index is 12.6. The van der Waals surface area contributed by atoms with Crippen LogP contribution >= 0.6 is 22.9 Å². The number of amides is 1. The molecule has 2 heterocycles. The molecule has 1 unspecified atom stereocenters. The molecule has 1 aromatic heterocycles. The number of rotatable bonds is 5. The summed E-state index contributed by atoms with van der Waals surface area (Å²) in [6, 6.07) is 9.71. The summed E-state index contributed by atoms with van der Waals surface area (Å²) in [5.41, 5.74) is 3.01. The van der Waals surface area contributed by atoms with Crippen molar-refractivity contribution in [2.75, 3.05) is 29.2 Å². The van der Waals surface area contributed by atoms with Gasteiger partial charge in [0.05, 0.1) is 16.9 Å². The smallest absolute Gasteiger partial charge is 0.268 e. The number of aliphatic hydroxyl groups excluding tert-OH is 1. The summed E-state index contributed by atoms with van der Waals surface area (Å²) in [6.07, 6.45) is 0.288. The largest absolute Gasteiger partial charge is 0.390 e. The first-order valence-corrected chi connectivity index (χ1v) is 8.56. The predicted molar refractivity (Wildman–Crippen MR) is 91.4 cm³/mol. The van der Waals surface area contributed by atoms with Crippen molar-refractivity contribution in [2.45, 2.75) is 12.5 Å². The van der Waals surface area contributed by atoms with E-state index in [0.717, 1.165) is 22.7 Å². The second-order valence-electron chi connectivity index (χ2n) is 5.22. The first-order chi connectivity index (χ1) is 10.7. The van der Waals surface area contributed by atoms with E-state index in [9.17, 15) is 9.90 Å². The van der Waals surface area contributed by atoms with E-state index < -0.39 is 6.10 Å². The standard InChI is InChI=1S/C16H17ClN2O2S/c17-9-13(20)10-18-12-4-3-11-5-6-19(14(11)8-12)16(21)15-2-1-7-22-15/h1-4,7-8,13,18,20H,5-6,9-10H2. The average molecular weight is 337 g/mol. The molecule has 3 rings (SSSR count). The molecule has 116 valence electrons. The van der Waals surface area contributed by atoms with Gasteiger partial charge in [0.25, 0.3) is 5.91 Å². The molecule has 1 amide bonds. The number of fused-ring (bicyclic) bond motifs is 1. The molecular weight excluding hydrogens is 320 g/mol. The first kappa shape index (κ1) is 15.3. The van der Waals surface area contributed by atoms with Crippen LogP contribution in [0.25, 0.3) is 0 Å². The number of benzene rings is 1. The van der Waals surface area contributed by atoms with Crippen LogP contribution in [-0.4, -0.2) is 36.1 Å². The Morgan fingerprint density at radius 3 is 3.05 bits per heavy atom. The summed E-state index contributed by atoms with van der Waals surface area (Å²) in [5.74, 6) is 0.243. The molecule has 1 aromatic carbocycles. The molecule has 1 aliphatic rings. The van der Waals surface area contributed by atoms with Crippen LogP contribution in [0.3, 0.4) is 0 Å². The zero-order chi connectivity index (χ0) is 15.5. The van der Waals surface area contributed by atoms with Crippen molar-refractivity contribution >= 4 is 40.2 Å². The van der Waals surface area contributed by atoms with E-state index in [1.807, 2.05) is 40.6 Å². The highest BCUT2D eigenvalue weighted by Crippen LogP contribution is 2.32. The van der Waals surface area contributed by atoms with Gasteiger partial charge in [0.2, 0.25) is 0 Å². The molecule has 1 aliphatic heterocycles. The first-order valence-electron chi connectivity index (χ1n) is 7.15. The molecule has 0 spiro atoms. The number of alkyl halides is 1. The van der Waals surface area contributed by atoms with Crippen LogP contribution in [0.15, 0.2) is 35.7 Å². The molecule has 2 N–H and O–H groups in total. The SMILES string of the molecule is O=C(c1cccs1)N1CCc2ccc(NCC(O)CCl)cc21. The summed E-state index contributed by atoms with van der Waals surface area (Å²) in [4.78, 5) is 15.1. The van der Waals surface area contributed by atoms with Gasteiger partial charge in [-0.1, -0.05) is 12.1 Å². The molecule has 0 saturated carbocycles. The highest BCUT2D eigenvalue weighted by atomic mass is 35.5. The fourth-order valence-electron chi connectivity index (χ4n) is 2.52. The fraction of sp³-hybridized carbons (Fsp3) is 0.312. The van der Waals surface area contributed by atoms with Crippen molar-refractivity contribution in [2.24, 2.45) is 0 Å². The third kappa shape index (κ3) is 3.11. The van der Waals surface area contributed by atoms with Crippen molar-refractivity contribution in [3.63, 3.8) is 0 Å². The van der Waals surface area contributed by atoms with Gasteiger partial charge in [-0.3, -0.25) is 4.79 Å². The Hall–Kier alpha value is -1.56. The maximum absolute atomic E-state index is 12.6. The quantitative estimate of drug-likeness (QED) is 0.825. The Morgan fingerprint density at radius 2 is 2.32 bits per heavy atom. The van der Waals surface area contributed by atoms with Crippen LogP contribution in [0.4, 0.5) is 11.4 Å². The molecule has 0 radical (unpaired) electrons. The third-order valence-electron chi connectivity index (χ3n) is 3.68. The monoisotopic (exact) mass is 336 g/mol. The van der Waals surface area contributed by atoms with E-state index in [4.69, 9.17) is 11.6 Å². The average Bonchev–Trinajstić information content (AvgIpc) is 3.20. The number of nitrogens with zero attached hydrogens (tertiary/aromatic N) is 1. The topological polar surface area (TPSA) is 52.6 Å². The molecule has 1 atom stereocenters. The Kier molecular flexibility index (Phi) is 4.66. The van der Waals surface area contributed by atoms with E-state index >= 15 is 0 Å². The van der Waals surface area contributed by atoms with Crippen LogP contribution in [-0.2, 0) is 6.42 Å². The second kappa shape index (κ2) is 6.69. The minimum atomic E-state index is -0.584. The molecule has 6 heteroatoms. The van der Waals surface area contributed by atoms with Crippen LogP contribution in [0, 0.1) is 0 Å². The molecule has 0 saturated heterocycles. The minimum Gasteiger partial charge on any atom is -0.390 e. The number of nitrogens with one attached hydrogen (secondary N) is 1. The minimum absolute atomic E-state index is 0.0479. The molecule has 4 nitrogen and oxygen atoms in total. The van der Waals surface area contributed by atoms with Gasteiger partial charge in [0.1, 0.15) is 0 Å². The maximum Gasteiger partial charge on any atom is 0.268 e. The fourth-order valence-corrected chi connectivity index (χ4v) is 3.30. The molecule has 22 heavy (non-hydrogen) atoms. The number of hydrogen-bond donors (Lipinski definition) is 2. The Labute approximate surface area is 138 Å². The van der Waals surface area contributed by atoms with Gasteiger partial charge in [-0.15, -0.1) is 22.9 Å². The van der Waals surface area contributed by atoms with Crippen molar-refractivity contribution in [3.05, 3.63) is 46.2 Å². The summed E-state index contributed by atoms with van der Waals surface area (Å²) in [7, 11) is 0. The lowest BCUT2D eigenvalue weighted by Crippen LogP contribution is -2.28. The van der Waals surface area contributed by atoms with Crippen LogP contribution < -0.4 is 10.2 Å². The summed E-state index contributed by atoms with van der Waals surface area (Å²) in [5, 5.41) is 14.6. The summed E-state index contributed by atoms with van der Waals surface area (Å²) >= 11 is 7.05. The van der Waals surface area contributed by atoms with E-state index in [-0.39, 0.29) is 11.8 Å². The van der Waals surface area contributed by atoms with E-state index in [0.29, 0.717) is 13.1 Å².